The molecule has 0 bridgehead atoms. The predicted octanol–water partition coefficient (Wildman–Crippen LogP) is 2.49. The van der Waals surface area contributed by atoms with Crippen LogP contribution < -0.4 is 5.32 Å². The number of thiophene rings is 1. The summed E-state index contributed by atoms with van der Waals surface area (Å²) >= 11 is 13.0. The number of carbonyl (C=O) groups excluding carboxylic acids is 1. The number of hydrogen-bond acceptors (Lipinski definition) is 3. The highest BCUT2D eigenvalue weighted by Crippen LogP contribution is 2.32. The monoisotopic (exact) mass is 278 g/mol. The number of carbonyl (C=O) groups is 1. The van der Waals surface area contributed by atoms with Crippen LogP contribution in [0.4, 0.5) is 0 Å². The lowest BCUT2D eigenvalue weighted by molar-refractivity contribution is 0.0631. The van der Waals surface area contributed by atoms with E-state index in [2.05, 4.69) is 5.32 Å². The molecule has 0 aliphatic carbocycles. The standard InChI is InChI=1S/C10H12Cl2N2OS/c1-2-14(6-4-13-5-6)10(15)7-3-8(11)16-9(7)12/h3,6,13H,2,4-5H2,1H3. The molecule has 2 rings (SSSR count). The van der Waals surface area contributed by atoms with Gasteiger partial charge in [0, 0.05) is 19.6 Å². The summed E-state index contributed by atoms with van der Waals surface area (Å²) in [5, 5.41) is 3.15. The van der Waals surface area contributed by atoms with E-state index in [4.69, 9.17) is 23.2 Å². The van der Waals surface area contributed by atoms with Crippen LogP contribution in [0.25, 0.3) is 0 Å². The van der Waals surface area contributed by atoms with Crippen LogP contribution in [0.15, 0.2) is 6.07 Å². The third kappa shape index (κ3) is 2.20. The number of nitrogens with zero attached hydrogens (tertiary/aromatic N) is 1. The molecule has 0 atom stereocenters. The zero-order valence-corrected chi connectivity index (χ0v) is 11.1. The van der Waals surface area contributed by atoms with Crippen molar-refractivity contribution in [1.82, 2.24) is 10.2 Å². The first-order valence-electron chi connectivity index (χ1n) is 5.10. The molecule has 1 fully saturated rings. The third-order valence-electron chi connectivity index (χ3n) is 2.69. The van der Waals surface area contributed by atoms with Gasteiger partial charge in [-0.1, -0.05) is 23.2 Å². The normalized spacial score (nSPS) is 15.9. The molecule has 1 aliphatic heterocycles. The summed E-state index contributed by atoms with van der Waals surface area (Å²) < 4.78 is 1.02. The van der Waals surface area contributed by atoms with E-state index in [-0.39, 0.29) is 11.9 Å². The number of nitrogens with one attached hydrogen (secondary N) is 1. The molecule has 0 unspecified atom stereocenters. The lowest BCUT2D eigenvalue weighted by Gasteiger charge is -2.37. The maximum atomic E-state index is 12.2. The van der Waals surface area contributed by atoms with Gasteiger partial charge in [-0.2, -0.15) is 0 Å². The summed E-state index contributed by atoms with van der Waals surface area (Å²) in [4.78, 5) is 14.0. The van der Waals surface area contributed by atoms with Crippen LogP contribution in [0.1, 0.15) is 17.3 Å². The fourth-order valence-electron chi connectivity index (χ4n) is 1.70. The Labute approximate surface area is 108 Å². The first-order chi connectivity index (χ1) is 7.63. The molecular formula is C10H12Cl2N2OS. The highest BCUT2D eigenvalue weighted by molar-refractivity contribution is 7.20. The Morgan fingerprint density at radius 3 is 2.69 bits per heavy atom. The molecule has 88 valence electrons. The second-order valence-corrected chi connectivity index (χ2v) is 5.93. The average Bonchev–Trinajstić information content (AvgIpc) is 2.50. The summed E-state index contributed by atoms with van der Waals surface area (Å²) in [5.74, 6) is -0.0258. The Hall–Kier alpha value is -0.290. The summed E-state index contributed by atoms with van der Waals surface area (Å²) in [6.07, 6.45) is 0. The lowest BCUT2D eigenvalue weighted by atomic mass is 10.1. The van der Waals surface area contributed by atoms with Crippen molar-refractivity contribution in [1.29, 1.82) is 0 Å². The van der Waals surface area contributed by atoms with Crippen molar-refractivity contribution in [2.75, 3.05) is 19.6 Å². The smallest absolute Gasteiger partial charge is 0.256 e. The maximum absolute atomic E-state index is 12.2. The van der Waals surface area contributed by atoms with Gasteiger partial charge in [-0.15, -0.1) is 11.3 Å². The minimum absolute atomic E-state index is 0.0258. The van der Waals surface area contributed by atoms with Gasteiger partial charge < -0.3 is 10.2 Å². The number of hydrogen-bond donors (Lipinski definition) is 1. The van der Waals surface area contributed by atoms with E-state index >= 15 is 0 Å². The third-order valence-corrected chi connectivity index (χ3v) is 4.18. The zero-order valence-electron chi connectivity index (χ0n) is 8.80. The van der Waals surface area contributed by atoms with E-state index < -0.39 is 0 Å². The zero-order chi connectivity index (χ0) is 11.7. The van der Waals surface area contributed by atoms with Gasteiger partial charge in [0.1, 0.15) is 4.34 Å². The molecule has 2 heterocycles. The van der Waals surface area contributed by atoms with Crippen LogP contribution in [0.5, 0.6) is 0 Å². The molecular weight excluding hydrogens is 267 g/mol. The summed E-state index contributed by atoms with van der Waals surface area (Å²) in [5.41, 5.74) is 0.519. The van der Waals surface area contributed by atoms with Crippen LogP contribution in [0.2, 0.25) is 8.67 Å². The first-order valence-corrected chi connectivity index (χ1v) is 6.67. The molecule has 6 heteroatoms. The quantitative estimate of drug-likeness (QED) is 0.922. The Morgan fingerprint density at radius 1 is 1.62 bits per heavy atom. The maximum Gasteiger partial charge on any atom is 0.256 e. The minimum Gasteiger partial charge on any atom is -0.333 e. The molecule has 0 radical (unpaired) electrons. The highest BCUT2D eigenvalue weighted by Gasteiger charge is 2.29. The molecule has 1 saturated heterocycles. The highest BCUT2D eigenvalue weighted by atomic mass is 35.5. The molecule has 1 aliphatic rings. The average molecular weight is 279 g/mol. The van der Waals surface area contributed by atoms with Gasteiger partial charge in [0.25, 0.3) is 5.91 Å². The van der Waals surface area contributed by atoms with Crippen molar-refractivity contribution in [3.8, 4) is 0 Å². The largest absolute Gasteiger partial charge is 0.333 e. The van der Waals surface area contributed by atoms with Crippen molar-refractivity contribution in [2.24, 2.45) is 0 Å². The fourth-order valence-corrected chi connectivity index (χ4v) is 3.15. The van der Waals surface area contributed by atoms with Crippen molar-refractivity contribution in [3.05, 3.63) is 20.3 Å². The molecule has 16 heavy (non-hydrogen) atoms. The summed E-state index contributed by atoms with van der Waals surface area (Å²) in [7, 11) is 0. The van der Waals surface area contributed by atoms with Crippen molar-refractivity contribution in [2.45, 2.75) is 13.0 Å². The Kier molecular flexibility index (Phi) is 3.74. The van der Waals surface area contributed by atoms with Gasteiger partial charge in [-0.3, -0.25) is 4.79 Å². The fraction of sp³-hybridized carbons (Fsp3) is 0.500. The minimum atomic E-state index is -0.0258. The van der Waals surface area contributed by atoms with Crippen LogP contribution in [-0.2, 0) is 0 Å². The van der Waals surface area contributed by atoms with Gasteiger partial charge in [0.05, 0.1) is 15.9 Å². The number of likely N-dealkylation sites (N-methyl/N-ethyl adjacent to an activating group) is 1. The Bertz CT molecular complexity index is 404. The number of rotatable bonds is 3. The van der Waals surface area contributed by atoms with E-state index in [0.717, 1.165) is 13.1 Å². The van der Waals surface area contributed by atoms with E-state index in [0.29, 0.717) is 20.8 Å². The van der Waals surface area contributed by atoms with Gasteiger partial charge in [-0.25, -0.2) is 0 Å². The topological polar surface area (TPSA) is 32.3 Å². The molecule has 0 spiro atoms. The van der Waals surface area contributed by atoms with Gasteiger partial charge >= 0.3 is 0 Å². The lowest BCUT2D eigenvalue weighted by Crippen LogP contribution is -2.58. The number of halogens is 2. The molecule has 1 N–H and O–H groups in total. The van der Waals surface area contributed by atoms with Gasteiger partial charge in [0.15, 0.2) is 0 Å². The van der Waals surface area contributed by atoms with E-state index in [9.17, 15) is 4.79 Å². The second kappa shape index (κ2) is 4.92. The molecule has 3 nitrogen and oxygen atoms in total. The SMILES string of the molecule is CCN(C(=O)c1cc(Cl)sc1Cl)C1CNC1. The van der Waals surface area contributed by atoms with Crippen molar-refractivity contribution in [3.63, 3.8) is 0 Å². The Balaban J connectivity index is 2.19. The van der Waals surface area contributed by atoms with Crippen molar-refractivity contribution < 1.29 is 4.79 Å². The Morgan fingerprint density at radius 2 is 2.31 bits per heavy atom. The van der Waals surface area contributed by atoms with E-state index in [1.807, 2.05) is 11.8 Å². The van der Waals surface area contributed by atoms with E-state index in [1.54, 1.807) is 6.07 Å². The van der Waals surface area contributed by atoms with Crippen molar-refractivity contribution >= 4 is 40.4 Å². The first kappa shape index (κ1) is 12.2. The predicted molar refractivity (Wildman–Crippen MR) is 67.7 cm³/mol. The molecule has 0 aromatic carbocycles. The number of amides is 1. The van der Waals surface area contributed by atoms with Crippen LogP contribution in [0.3, 0.4) is 0 Å². The van der Waals surface area contributed by atoms with Crippen LogP contribution in [0, 0.1) is 0 Å². The van der Waals surface area contributed by atoms with Crippen LogP contribution in [-0.4, -0.2) is 36.5 Å². The molecule has 1 amide bonds. The van der Waals surface area contributed by atoms with Crippen LogP contribution >= 0.6 is 34.5 Å². The van der Waals surface area contributed by atoms with E-state index in [1.165, 1.54) is 11.3 Å². The molecule has 1 aromatic heterocycles. The van der Waals surface area contributed by atoms with Gasteiger partial charge in [-0.05, 0) is 13.0 Å². The second-order valence-electron chi connectivity index (χ2n) is 3.64. The summed E-state index contributed by atoms with van der Waals surface area (Å²) in [6.45, 7) is 4.37. The summed E-state index contributed by atoms with van der Waals surface area (Å²) in [6, 6.07) is 1.93. The molecule has 1 aromatic rings. The van der Waals surface area contributed by atoms with Gasteiger partial charge in [0.2, 0.25) is 0 Å². The molecule has 0 saturated carbocycles.